The molecule has 2 aromatic heterocycles. The third kappa shape index (κ3) is 2.08. The van der Waals surface area contributed by atoms with Gasteiger partial charge in [0, 0.05) is 31.4 Å². The standard InChI is InChI=1S/C11H13N5/c1-16-7-8(6-10(12)13)11(15-16)9-4-2-3-5-14-9/h2-5,7H,6H2,1H3,(H3,12,13). The zero-order chi connectivity index (χ0) is 11.5. The van der Waals surface area contributed by atoms with Gasteiger partial charge >= 0.3 is 0 Å². The average molecular weight is 215 g/mol. The van der Waals surface area contributed by atoms with Crippen LogP contribution in [0.5, 0.6) is 0 Å². The highest BCUT2D eigenvalue weighted by Crippen LogP contribution is 2.19. The maximum Gasteiger partial charge on any atom is 0.114 e. The molecule has 0 aliphatic rings. The van der Waals surface area contributed by atoms with Crippen molar-refractivity contribution in [3.63, 3.8) is 0 Å². The van der Waals surface area contributed by atoms with Gasteiger partial charge in [0.1, 0.15) is 5.69 Å². The first-order valence-electron chi connectivity index (χ1n) is 4.93. The Hall–Kier alpha value is -2.17. The number of pyridine rings is 1. The van der Waals surface area contributed by atoms with Crippen molar-refractivity contribution in [1.29, 1.82) is 5.41 Å². The first kappa shape index (κ1) is 10.4. The summed E-state index contributed by atoms with van der Waals surface area (Å²) in [5.41, 5.74) is 7.93. The molecule has 0 aliphatic heterocycles. The molecule has 0 saturated carbocycles. The van der Waals surface area contributed by atoms with Crippen molar-refractivity contribution in [3.8, 4) is 11.4 Å². The quantitative estimate of drug-likeness (QED) is 0.591. The van der Waals surface area contributed by atoms with Gasteiger partial charge in [-0.2, -0.15) is 5.10 Å². The van der Waals surface area contributed by atoms with Gasteiger partial charge in [-0.1, -0.05) is 6.07 Å². The summed E-state index contributed by atoms with van der Waals surface area (Å²) < 4.78 is 1.71. The summed E-state index contributed by atoms with van der Waals surface area (Å²) in [6.07, 6.45) is 3.99. The lowest BCUT2D eigenvalue weighted by Crippen LogP contribution is -2.12. The summed E-state index contributed by atoms with van der Waals surface area (Å²) in [7, 11) is 1.84. The molecule has 2 rings (SSSR count). The van der Waals surface area contributed by atoms with Crippen molar-refractivity contribution >= 4 is 5.84 Å². The van der Waals surface area contributed by atoms with E-state index in [1.165, 1.54) is 0 Å². The molecule has 5 nitrogen and oxygen atoms in total. The minimum Gasteiger partial charge on any atom is -0.387 e. The zero-order valence-electron chi connectivity index (χ0n) is 9.01. The molecular formula is C11H13N5. The van der Waals surface area contributed by atoms with Gasteiger partial charge in [0.05, 0.1) is 11.5 Å². The Kier molecular flexibility index (Phi) is 2.68. The van der Waals surface area contributed by atoms with Gasteiger partial charge in [0.25, 0.3) is 0 Å². The van der Waals surface area contributed by atoms with E-state index in [0.717, 1.165) is 17.0 Å². The van der Waals surface area contributed by atoms with E-state index in [1.807, 2.05) is 31.4 Å². The zero-order valence-corrected chi connectivity index (χ0v) is 9.01. The number of rotatable bonds is 3. The van der Waals surface area contributed by atoms with E-state index in [2.05, 4.69) is 10.1 Å². The average Bonchev–Trinajstić information content (AvgIpc) is 2.60. The molecule has 0 radical (unpaired) electrons. The van der Waals surface area contributed by atoms with Gasteiger partial charge in [-0.15, -0.1) is 0 Å². The van der Waals surface area contributed by atoms with Crippen LogP contribution in [-0.2, 0) is 13.5 Å². The number of nitrogens with one attached hydrogen (secondary N) is 1. The maximum absolute atomic E-state index is 7.32. The van der Waals surface area contributed by atoms with Crippen LogP contribution in [0.15, 0.2) is 30.6 Å². The van der Waals surface area contributed by atoms with E-state index in [0.29, 0.717) is 6.42 Å². The summed E-state index contributed by atoms with van der Waals surface area (Å²) in [6, 6.07) is 5.66. The Morgan fingerprint density at radius 1 is 1.50 bits per heavy atom. The minimum atomic E-state index is 0.130. The Balaban J connectivity index is 2.44. The van der Waals surface area contributed by atoms with Crippen LogP contribution in [0, 0.1) is 5.41 Å². The van der Waals surface area contributed by atoms with Crippen molar-refractivity contribution in [2.75, 3.05) is 0 Å². The lowest BCUT2D eigenvalue weighted by molar-refractivity contribution is 0.769. The number of nitrogens with zero attached hydrogens (tertiary/aromatic N) is 3. The second-order valence-electron chi connectivity index (χ2n) is 3.59. The fourth-order valence-corrected chi connectivity index (χ4v) is 1.59. The molecular weight excluding hydrogens is 202 g/mol. The van der Waals surface area contributed by atoms with Crippen LogP contribution in [0.1, 0.15) is 5.56 Å². The van der Waals surface area contributed by atoms with Crippen LogP contribution in [-0.4, -0.2) is 20.6 Å². The summed E-state index contributed by atoms with van der Waals surface area (Å²) in [5.74, 6) is 0.130. The topological polar surface area (TPSA) is 80.6 Å². The molecule has 0 spiro atoms. The third-order valence-corrected chi connectivity index (χ3v) is 2.19. The molecule has 0 fully saturated rings. The first-order valence-corrected chi connectivity index (χ1v) is 4.93. The van der Waals surface area contributed by atoms with Crippen LogP contribution in [0.3, 0.4) is 0 Å². The lowest BCUT2D eigenvalue weighted by Gasteiger charge is -1.99. The van der Waals surface area contributed by atoms with E-state index in [-0.39, 0.29) is 5.84 Å². The number of nitrogens with two attached hydrogens (primary N) is 1. The molecule has 0 bridgehead atoms. The summed E-state index contributed by atoms with van der Waals surface area (Å²) in [5, 5.41) is 11.7. The lowest BCUT2D eigenvalue weighted by atomic mass is 10.1. The van der Waals surface area contributed by atoms with Gasteiger partial charge in [-0.05, 0) is 12.1 Å². The van der Waals surface area contributed by atoms with Crippen molar-refractivity contribution in [1.82, 2.24) is 14.8 Å². The molecule has 0 saturated heterocycles. The predicted molar refractivity (Wildman–Crippen MR) is 62.1 cm³/mol. The number of hydrogen-bond donors (Lipinski definition) is 2. The molecule has 16 heavy (non-hydrogen) atoms. The van der Waals surface area contributed by atoms with Crippen molar-refractivity contribution in [2.24, 2.45) is 12.8 Å². The van der Waals surface area contributed by atoms with E-state index >= 15 is 0 Å². The van der Waals surface area contributed by atoms with Crippen LogP contribution in [0.25, 0.3) is 11.4 Å². The molecule has 0 unspecified atom stereocenters. The van der Waals surface area contributed by atoms with Crippen molar-refractivity contribution in [3.05, 3.63) is 36.2 Å². The van der Waals surface area contributed by atoms with Crippen LogP contribution >= 0.6 is 0 Å². The minimum absolute atomic E-state index is 0.130. The molecule has 5 heteroatoms. The van der Waals surface area contributed by atoms with Crippen LogP contribution in [0.2, 0.25) is 0 Å². The SMILES string of the molecule is Cn1cc(CC(=N)N)c(-c2ccccn2)n1. The highest BCUT2D eigenvalue weighted by atomic mass is 15.3. The smallest absolute Gasteiger partial charge is 0.114 e. The predicted octanol–water partition coefficient (Wildman–Crippen LogP) is 0.961. The Morgan fingerprint density at radius 2 is 2.31 bits per heavy atom. The van der Waals surface area contributed by atoms with E-state index in [9.17, 15) is 0 Å². The highest BCUT2D eigenvalue weighted by Gasteiger charge is 2.11. The number of amidine groups is 1. The number of hydrogen-bond acceptors (Lipinski definition) is 3. The first-order chi connectivity index (χ1) is 7.66. The van der Waals surface area contributed by atoms with E-state index < -0.39 is 0 Å². The normalized spacial score (nSPS) is 10.3. The molecule has 0 aliphatic carbocycles. The van der Waals surface area contributed by atoms with Gasteiger partial charge in [0.15, 0.2) is 0 Å². The van der Waals surface area contributed by atoms with E-state index in [1.54, 1.807) is 10.9 Å². The number of aryl methyl sites for hydroxylation is 1. The maximum atomic E-state index is 7.32. The van der Waals surface area contributed by atoms with Gasteiger partial charge < -0.3 is 5.73 Å². The molecule has 0 aromatic carbocycles. The molecule has 82 valence electrons. The van der Waals surface area contributed by atoms with Gasteiger partial charge in [0.2, 0.25) is 0 Å². The Labute approximate surface area is 93.4 Å². The molecule has 3 N–H and O–H groups in total. The summed E-state index contributed by atoms with van der Waals surface area (Å²) in [4.78, 5) is 4.24. The monoisotopic (exact) mass is 215 g/mol. The molecule has 2 heterocycles. The fraction of sp³-hybridized carbons (Fsp3) is 0.182. The second kappa shape index (κ2) is 4.14. The molecule has 2 aromatic rings. The second-order valence-corrected chi connectivity index (χ2v) is 3.59. The van der Waals surface area contributed by atoms with E-state index in [4.69, 9.17) is 11.1 Å². The molecule has 0 amide bonds. The Morgan fingerprint density at radius 3 is 2.94 bits per heavy atom. The summed E-state index contributed by atoms with van der Waals surface area (Å²) >= 11 is 0. The Bertz CT molecular complexity index is 500. The largest absolute Gasteiger partial charge is 0.387 e. The van der Waals surface area contributed by atoms with Crippen molar-refractivity contribution < 1.29 is 0 Å². The van der Waals surface area contributed by atoms with Gasteiger partial charge in [-0.3, -0.25) is 15.1 Å². The number of aromatic nitrogens is 3. The fourth-order valence-electron chi connectivity index (χ4n) is 1.59. The third-order valence-electron chi connectivity index (χ3n) is 2.19. The summed E-state index contributed by atoms with van der Waals surface area (Å²) in [6.45, 7) is 0. The van der Waals surface area contributed by atoms with Gasteiger partial charge in [-0.25, -0.2) is 0 Å². The molecule has 0 atom stereocenters. The highest BCUT2D eigenvalue weighted by molar-refractivity contribution is 5.81. The van der Waals surface area contributed by atoms with Crippen LogP contribution < -0.4 is 5.73 Å². The van der Waals surface area contributed by atoms with Crippen molar-refractivity contribution in [2.45, 2.75) is 6.42 Å². The van der Waals surface area contributed by atoms with Crippen LogP contribution in [0.4, 0.5) is 0 Å².